The summed E-state index contributed by atoms with van der Waals surface area (Å²) in [5, 5.41) is 0. The maximum absolute atomic E-state index is 11.8. The van der Waals surface area contributed by atoms with Crippen LogP contribution in [-0.4, -0.2) is 25.6 Å². The quantitative estimate of drug-likeness (QED) is 0.819. The summed E-state index contributed by atoms with van der Waals surface area (Å²) in [5.74, 6) is 0.643. The van der Waals surface area contributed by atoms with E-state index in [2.05, 4.69) is 0 Å². The second-order valence-corrected chi connectivity index (χ2v) is 3.65. The van der Waals surface area contributed by atoms with Gasteiger partial charge in [-0.15, -0.1) is 0 Å². The van der Waals surface area contributed by atoms with Crippen LogP contribution in [0.25, 0.3) is 0 Å². The minimum absolute atomic E-state index is 0.0143. The van der Waals surface area contributed by atoms with E-state index >= 15 is 0 Å². The Morgan fingerprint density at radius 1 is 1.35 bits per heavy atom. The van der Waals surface area contributed by atoms with Crippen molar-refractivity contribution in [3.05, 3.63) is 24.3 Å². The molecule has 1 rings (SSSR count). The van der Waals surface area contributed by atoms with Gasteiger partial charge in [0.05, 0.1) is 18.8 Å². The van der Waals surface area contributed by atoms with Crippen LogP contribution in [0.2, 0.25) is 0 Å². The minimum Gasteiger partial charge on any atom is -0.492 e. The molecule has 4 heteroatoms. The average Bonchev–Trinajstić information content (AvgIpc) is 2.36. The molecule has 0 saturated heterocycles. The summed E-state index contributed by atoms with van der Waals surface area (Å²) < 4.78 is 5.52. The highest BCUT2D eigenvalue weighted by Gasteiger charge is 2.16. The zero-order valence-electron chi connectivity index (χ0n) is 10.5. The fourth-order valence-electron chi connectivity index (χ4n) is 1.67. The SMILES string of the molecule is CCCN(C(=O)CN)c1ccccc1OCC. The Morgan fingerprint density at radius 3 is 2.65 bits per heavy atom. The van der Waals surface area contributed by atoms with Gasteiger partial charge in [-0.05, 0) is 25.5 Å². The Bertz CT molecular complexity index is 366. The summed E-state index contributed by atoms with van der Waals surface area (Å²) in [6, 6.07) is 7.54. The molecule has 2 N–H and O–H groups in total. The van der Waals surface area contributed by atoms with E-state index in [1.807, 2.05) is 38.1 Å². The fourth-order valence-corrected chi connectivity index (χ4v) is 1.67. The number of hydrogen-bond acceptors (Lipinski definition) is 3. The lowest BCUT2D eigenvalue weighted by atomic mass is 10.2. The smallest absolute Gasteiger partial charge is 0.240 e. The molecule has 0 aliphatic rings. The van der Waals surface area contributed by atoms with Crippen molar-refractivity contribution in [2.45, 2.75) is 20.3 Å². The van der Waals surface area contributed by atoms with Crippen molar-refractivity contribution in [2.24, 2.45) is 5.73 Å². The number of nitrogens with two attached hydrogens (primary N) is 1. The first-order chi connectivity index (χ1) is 8.24. The highest BCUT2D eigenvalue weighted by atomic mass is 16.5. The molecule has 0 saturated carbocycles. The van der Waals surface area contributed by atoms with E-state index in [-0.39, 0.29) is 12.5 Å². The van der Waals surface area contributed by atoms with Crippen molar-refractivity contribution in [3.8, 4) is 5.75 Å². The lowest BCUT2D eigenvalue weighted by molar-refractivity contribution is -0.117. The summed E-state index contributed by atoms with van der Waals surface area (Å²) in [5.41, 5.74) is 6.23. The molecule has 0 fully saturated rings. The Hall–Kier alpha value is -1.55. The van der Waals surface area contributed by atoms with Gasteiger partial charge in [0.15, 0.2) is 0 Å². The molecule has 4 nitrogen and oxygen atoms in total. The molecule has 0 spiro atoms. The lowest BCUT2D eigenvalue weighted by Crippen LogP contribution is -2.36. The first-order valence-corrected chi connectivity index (χ1v) is 5.96. The van der Waals surface area contributed by atoms with Gasteiger partial charge < -0.3 is 15.4 Å². The van der Waals surface area contributed by atoms with Crippen LogP contribution in [0.3, 0.4) is 0 Å². The molecule has 0 heterocycles. The van der Waals surface area contributed by atoms with Gasteiger partial charge in [-0.3, -0.25) is 4.79 Å². The molecule has 1 aromatic carbocycles. The van der Waals surface area contributed by atoms with Crippen molar-refractivity contribution < 1.29 is 9.53 Å². The van der Waals surface area contributed by atoms with Crippen LogP contribution >= 0.6 is 0 Å². The largest absolute Gasteiger partial charge is 0.492 e. The molecule has 17 heavy (non-hydrogen) atoms. The van der Waals surface area contributed by atoms with Gasteiger partial charge in [-0.1, -0.05) is 19.1 Å². The van der Waals surface area contributed by atoms with E-state index in [9.17, 15) is 4.79 Å². The third-order valence-corrected chi connectivity index (χ3v) is 2.38. The van der Waals surface area contributed by atoms with Crippen molar-refractivity contribution in [1.29, 1.82) is 0 Å². The molecule has 0 aliphatic heterocycles. The summed E-state index contributed by atoms with van der Waals surface area (Å²) in [4.78, 5) is 13.5. The van der Waals surface area contributed by atoms with Gasteiger partial charge in [-0.2, -0.15) is 0 Å². The molecule has 1 amide bonds. The van der Waals surface area contributed by atoms with Crippen LogP contribution in [0.4, 0.5) is 5.69 Å². The van der Waals surface area contributed by atoms with E-state index in [1.165, 1.54) is 0 Å². The van der Waals surface area contributed by atoms with Crippen LogP contribution < -0.4 is 15.4 Å². The predicted molar refractivity (Wildman–Crippen MR) is 69.3 cm³/mol. The molecule has 0 aromatic heterocycles. The number of anilines is 1. The number of carbonyl (C=O) groups excluding carboxylic acids is 1. The summed E-state index contributed by atoms with van der Waals surface area (Å²) in [7, 11) is 0. The fraction of sp³-hybridized carbons (Fsp3) is 0.462. The molecule has 1 aromatic rings. The lowest BCUT2D eigenvalue weighted by Gasteiger charge is -2.23. The maximum atomic E-state index is 11.8. The van der Waals surface area contributed by atoms with E-state index < -0.39 is 0 Å². The predicted octanol–water partition coefficient (Wildman–Crippen LogP) is 1.79. The second-order valence-electron chi connectivity index (χ2n) is 3.65. The molecule has 0 unspecified atom stereocenters. The normalized spacial score (nSPS) is 10.1. The Labute approximate surface area is 102 Å². The maximum Gasteiger partial charge on any atom is 0.240 e. The van der Waals surface area contributed by atoms with Gasteiger partial charge in [0.25, 0.3) is 0 Å². The van der Waals surface area contributed by atoms with Crippen LogP contribution in [0.15, 0.2) is 24.3 Å². The number of nitrogens with zero attached hydrogens (tertiary/aromatic N) is 1. The molecule has 0 aliphatic carbocycles. The van der Waals surface area contributed by atoms with Crippen molar-refractivity contribution in [1.82, 2.24) is 0 Å². The summed E-state index contributed by atoms with van der Waals surface area (Å²) in [6.07, 6.45) is 0.881. The number of amides is 1. The third kappa shape index (κ3) is 3.46. The molecule has 0 atom stereocenters. The van der Waals surface area contributed by atoms with Crippen molar-refractivity contribution >= 4 is 11.6 Å². The Kier molecular flexibility index (Phi) is 5.49. The van der Waals surface area contributed by atoms with Crippen LogP contribution in [-0.2, 0) is 4.79 Å². The van der Waals surface area contributed by atoms with E-state index in [0.717, 1.165) is 17.9 Å². The second kappa shape index (κ2) is 6.91. The summed E-state index contributed by atoms with van der Waals surface area (Å²) in [6.45, 7) is 5.19. The number of carbonyl (C=O) groups is 1. The first-order valence-electron chi connectivity index (χ1n) is 5.96. The minimum atomic E-state index is -0.0843. The number of rotatable bonds is 6. The van der Waals surface area contributed by atoms with Gasteiger partial charge in [-0.25, -0.2) is 0 Å². The molecule has 0 bridgehead atoms. The van der Waals surface area contributed by atoms with Crippen LogP contribution in [0.1, 0.15) is 20.3 Å². The van der Waals surface area contributed by atoms with Gasteiger partial charge >= 0.3 is 0 Å². The highest BCUT2D eigenvalue weighted by molar-refractivity contribution is 5.96. The first kappa shape index (κ1) is 13.5. The molecular formula is C13H20N2O2. The molecule has 94 valence electrons. The van der Waals surface area contributed by atoms with E-state index in [1.54, 1.807) is 4.90 Å². The average molecular weight is 236 g/mol. The number of benzene rings is 1. The molecular weight excluding hydrogens is 216 g/mol. The monoisotopic (exact) mass is 236 g/mol. The standard InChI is InChI=1S/C13H20N2O2/c1-3-9-15(13(16)10-14)11-7-5-6-8-12(11)17-4-2/h5-8H,3-4,9-10,14H2,1-2H3. The Morgan fingerprint density at radius 2 is 2.06 bits per heavy atom. The zero-order valence-corrected chi connectivity index (χ0v) is 10.5. The highest BCUT2D eigenvalue weighted by Crippen LogP contribution is 2.28. The van der Waals surface area contributed by atoms with E-state index in [0.29, 0.717) is 13.2 Å². The number of para-hydroxylation sites is 2. The van der Waals surface area contributed by atoms with Gasteiger partial charge in [0.2, 0.25) is 5.91 Å². The molecule has 0 radical (unpaired) electrons. The van der Waals surface area contributed by atoms with Crippen molar-refractivity contribution in [3.63, 3.8) is 0 Å². The van der Waals surface area contributed by atoms with Crippen LogP contribution in [0.5, 0.6) is 5.75 Å². The zero-order chi connectivity index (χ0) is 12.7. The van der Waals surface area contributed by atoms with Crippen LogP contribution in [0, 0.1) is 0 Å². The Balaban J connectivity index is 3.03. The topological polar surface area (TPSA) is 55.6 Å². The number of hydrogen-bond donors (Lipinski definition) is 1. The van der Waals surface area contributed by atoms with Gasteiger partial charge in [0.1, 0.15) is 5.75 Å². The van der Waals surface area contributed by atoms with Crippen molar-refractivity contribution in [2.75, 3.05) is 24.6 Å². The third-order valence-electron chi connectivity index (χ3n) is 2.38. The van der Waals surface area contributed by atoms with E-state index in [4.69, 9.17) is 10.5 Å². The number of ether oxygens (including phenoxy) is 1. The van der Waals surface area contributed by atoms with Gasteiger partial charge in [0, 0.05) is 6.54 Å². The summed E-state index contributed by atoms with van der Waals surface area (Å²) >= 11 is 0.